The van der Waals surface area contributed by atoms with Crippen molar-refractivity contribution in [2.75, 3.05) is 12.4 Å². The zero-order valence-corrected chi connectivity index (χ0v) is 18.9. The zero-order chi connectivity index (χ0) is 23.6. The second-order valence-corrected chi connectivity index (χ2v) is 9.70. The molecule has 0 saturated carbocycles. The van der Waals surface area contributed by atoms with Crippen molar-refractivity contribution in [2.45, 2.75) is 18.4 Å². The number of carbonyl (C=O) groups excluding carboxylic acids is 1. The summed E-state index contributed by atoms with van der Waals surface area (Å²) in [5, 5.41) is 3.04. The Kier molecular flexibility index (Phi) is 6.13. The first-order valence-electron chi connectivity index (χ1n) is 10.2. The van der Waals surface area contributed by atoms with E-state index in [2.05, 4.69) is 5.32 Å². The molecule has 33 heavy (non-hydrogen) atoms. The van der Waals surface area contributed by atoms with Crippen LogP contribution < -0.4 is 10.7 Å². The Morgan fingerprint density at radius 2 is 1.67 bits per heavy atom. The maximum Gasteiger partial charge on any atom is 0.291 e. The summed E-state index contributed by atoms with van der Waals surface area (Å²) in [5.74, 6) is -0.727. The van der Waals surface area contributed by atoms with Gasteiger partial charge < -0.3 is 9.73 Å². The van der Waals surface area contributed by atoms with Crippen molar-refractivity contribution in [3.8, 4) is 0 Å². The number of anilines is 1. The summed E-state index contributed by atoms with van der Waals surface area (Å²) in [6, 6.07) is 21.5. The highest BCUT2D eigenvalue weighted by Crippen LogP contribution is 2.21. The average molecular weight is 463 g/mol. The average Bonchev–Trinajstić information content (AvgIpc) is 2.80. The number of benzene rings is 3. The Hall–Kier alpha value is -3.75. The molecule has 0 atom stereocenters. The Labute approximate surface area is 191 Å². The van der Waals surface area contributed by atoms with E-state index in [4.69, 9.17) is 4.42 Å². The monoisotopic (exact) mass is 462 g/mol. The summed E-state index contributed by atoms with van der Waals surface area (Å²) >= 11 is 0. The molecular formula is C25H22N2O5S. The van der Waals surface area contributed by atoms with Crippen LogP contribution in [0.25, 0.3) is 11.0 Å². The van der Waals surface area contributed by atoms with Crippen LogP contribution in [0.3, 0.4) is 0 Å². The molecule has 8 heteroatoms. The second-order valence-electron chi connectivity index (χ2n) is 7.65. The highest BCUT2D eigenvalue weighted by Gasteiger charge is 2.21. The quantitative estimate of drug-likeness (QED) is 0.464. The number of amides is 1. The van der Waals surface area contributed by atoms with Crippen LogP contribution >= 0.6 is 0 Å². The van der Waals surface area contributed by atoms with Gasteiger partial charge in [-0.1, -0.05) is 42.5 Å². The molecule has 3 aromatic carbocycles. The van der Waals surface area contributed by atoms with E-state index < -0.39 is 15.9 Å². The molecule has 0 saturated heterocycles. The van der Waals surface area contributed by atoms with Gasteiger partial charge >= 0.3 is 0 Å². The van der Waals surface area contributed by atoms with Crippen molar-refractivity contribution < 1.29 is 17.6 Å². The molecule has 1 N–H and O–H groups in total. The summed E-state index contributed by atoms with van der Waals surface area (Å²) in [7, 11) is -2.19. The summed E-state index contributed by atoms with van der Waals surface area (Å²) in [6.07, 6.45) is 0. The number of carbonyl (C=O) groups is 1. The second kappa shape index (κ2) is 9.01. The topological polar surface area (TPSA) is 96.7 Å². The molecule has 0 aliphatic heterocycles. The van der Waals surface area contributed by atoms with Gasteiger partial charge in [0.05, 0.1) is 10.3 Å². The van der Waals surface area contributed by atoms with Gasteiger partial charge in [-0.2, -0.15) is 4.31 Å². The third-order valence-corrected chi connectivity index (χ3v) is 7.06. The predicted octanol–water partition coefficient (Wildman–Crippen LogP) is 4.17. The van der Waals surface area contributed by atoms with Crippen LogP contribution in [0.1, 0.15) is 21.7 Å². The first-order valence-corrected chi connectivity index (χ1v) is 11.6. The normalized spacial score (nSPS) is 11.6. The first-order chi connectivity index (χ1) is 15.8. The van der Waals surface area contributed by atoms with Crippen molar-refractivity contribution in [1.82, 2.24) is 4.31 Å². The van der Waals surface area contributed by atoms with Crippen LogP contribution in [-0.4, -0.2) is 25.7 Å². The van der Waals surface area contributed by atoms with Gasteiger partial charge in [-0.25, -0.2) is 8.42 Å². The van der Waals surface area contributed by atoms with Gasteiger partial charge in [0, 0.05) is 25.3 Å². The van der Waals surface area contributed by atoms with E-state index >= 15 is 0 Å². The van der Waals surface area contributed by atoms with E-state index in [9.17, 15) is 18.0 Å². The fraction of sp³-hybridized carbons (Fsp3) is 0.120. The lowest BCUT2D eigenvalue weighted by atomic mass is 10.1. The van der Waals surface area contributed by atoms with E-state index in [0.717, 1.165) is 17.2 Å². The number of nitrogens with zero attached hydrogens (tertiary/aromatic N) is 1. The third-order valence-electron chi connectivity index (χ3n) is 5.24. The molecule has 168 valence electrons. The molecule has 1 amide bonds. The summed E-state index contributed by atoms with van der Waals surface area (Å²) in [4.78, 5) is 25.1. The fourth-order valence-electron chi connectivity index (χ4n) is 3.44. The minimum absolute atomic E-state index is 0.104. The molecule has 0 aliphatic rings. The van der Waals surface area contributed by atoms with Crippen molar-refractivity contribution in [1.29, 1.82) is 0 Å². The number of nitrogens with one attached hydrogen (secondary N) is 1. The van der Waals surface area contributed by atoms with E-state index in [1.54, 1.807) is 25.1 Å². The molecule has 0 radical (unpaired) electrons. The van der Waals surface area contributed by atoms with E-state index in [1.807, 2.05) is 30.3 Å². The first kappa shape index (κ1) is 22.4. The summed E-state index contributed by atoms with van der Waals surface area (Å²) in [6.45, 7) is 2.03. The van der Waals surface area contributed by atoms with E-state index in [-0.39, 0.29) is 22.6 Å². The summed E-state index contributed by atoms with van der Waals surface area (Å²) in [5.41, 5.74) is 2.04. The van der Waals surface area contributed by atoms with Crippen LogP contribution in [0.4, 0.5) is 5.69 Å². The Bertz CT molecular complexity index is 1480. The molecule has 0 spiro atoms. The Morgan fingerprint density at radius 1 is 0.970 bits per heavy atom. The SMILES string of the molecule is Cc1cccc2c(=O)cc(C(=O)Nc3ccc(S(=O)(=O)N(C)Cc4ccccc4)cc3)oc12. The molecule has 0 aliphatic carbocycles. The van der Waals surface area contributed by atoms with Gasteiger partial charge in [0.25, 0.3) is 5.91 Å². The van der Waals surface area contributed by atoms with Crippen molar-refractivity contribution in [2.24, 2.45) is 0 Å². The predicted molar refractivity (Wildman–Crippen MR) is 127 cm³/mol. The molecule has 1 heterocycles. The number of aryl methyl sites for hydroxylation is 1. The minimum Gasteiger partial charge on any atom is -0.450 e. The number of hydrogen-bond acceptors (Lipinski definition) is 5. The van der Waals surface area contributed by atoms with Crippen LogP contribution in [0.5, 0.6) is 0 Å². The standard InChI is InChI=1S/C25H22N2O5S/c1-17-7-6-10-21-22(28)15-23(32-24(17)21)25(29)26-19-11-13-20(14-12-19)33(30,31)27(2)16-18-8-4-3-5-9-18/h3-15H,16H2,1-2H3,(H,26,29). The van der Waals surface area contributed by atoms with Gasteiger partial charge in [-0.15, -0.1) is 0 Å². The lowest BCUT2D eigenvalue weighted by Gasteiger charge is -2.17. The van der Waals surface area contributed by atoms with Gasteiger partial charge in [-0.3, -0.25) is 9.59 Å². The lowest BCUT2D eigenvalue weighted by molar-refractivity contribution is 0.0997. The van der Waals surface area contributed by atoms with Crippen LogP contribution in [0, 0.1) is 6.92 Å². The number of sulfonamides is 1. The number of para-hydroxylation sites is 1. The number of fused-ring (bicyclic) bond motifs is 1. The van der Waals surface area contributed by atoms with Gasteiger partial charge in [0.1, 0.15) is 5.58 Å². The zero-order valence-electron chi connectivity index (χ0n) is 18.1. The Morgan fingerprint density at radius 3 is 2.36 bits per heavy atom. The minimum atomic E-state index is -3.71. The van der Waals surface area contributed by atoms with Crippen molar-refractivity contribution >= 4 is 32.6 Å². The maximum absolute atomic E-state index is 12.9. The van der Waals surface area contributed by atoms with E-state index in [1.165, 1.54) is 35.6 Å². The van der Waals surface area contributed by atoms with E-state index in [0.29, 0.717) is 16.7 Å². The lowest BCUT2D eigenvalue weighted by Crippen LogP contribution is -2.26. The van der Waals surface area contributed by atoms with Gasteiger partial charge in [0.15, 0.2) is 11.2 Å². The molecule has 0 bridgehead atoms. The molecule has 4 aromatic rings. The molecule has 7 nitrogen and oxygen atoms in total. The molecule has 4 rings (SSSR count). The highest BCUT2D eigenvalue weighted by atomic mass is 32.2. The van der Waals surface area contributed by atoms with Crippen LogP contribution in [0.2, 0.25) is 0 Å². The van der Waals surface area contributed by atoms with Crippen molar-refractivity contribution in [3.63, 3.8) is 0 Å². The van der Waals surface area contributed by atoms with Gasteiger partial charge in [0.2, 0.25) is 10.0 Å². The van der Waals surface area contributed by atoms with Crippen LogP contribution in [0.15, 0.2) is 93.0 Å². The van der Waals surface area contributed by atoms with Crippen LogP contribution in [-0.2, 0) is 16.6 Å². The number of hydrogen-bond donors (Lipinski definition) is 1. The fourth-order valence-corrected chi connectivity index (χ4v) is 4.60. The number of rotatable bonds is 6. The molecule has 1 aromatic heterocycles. The molecular weight excluding hydrogens is 440 g/mol. The van der Waals surface area contributed by atoms with Gasteiger partial charge in [-0.05, 0) is 48.4 Å². The highest BCUT2D eigenvalue weighted by molar-refractivity contribution is 7.89. The smallest absolute Gasteiger partial charge is 0.291 e. The summed E-state index contributed by atoms with van der Waals surface area (Å²) < 4.78 is 32.7. The Balaban J connectivity index is 1.52. The third kappa shape index (κ3) is 4.72. The molecule has 0 fully saturated rings. The largest absolute Gasteiger partial charge is 0.450 e. The maximum atomic E-state index is 12.9. The van der Waals surface area contributed by atoms with Crippen molar-refractivity contribution in [3.05, 3.63) is 106 Å². The molecule has 0 unspecified atom stereocenters.